The zero-order chi connectivity index (χ0) is 29.2. The minimum absolute atomic E-state index is 0.0568. The number of hydrogen-bond donors (Lipinski definition) is 0. The SMILES string of the molecule is COc1ccc([C@H]2[C@H](C(=O)N3CCN(c4ccc(F)cc4)CC3)c3ccccc3C(=O)N2Cc2ccc(F)cc2)cc1. The molecule has 0 bridgehead atoms. The molecule has 2 amide bonds. The van der Waals surface area contributed by atoms with Gasteiger partial charge < -0.3 is 19.4 Å². The van der Waals surface area contributed by atoms with Crippen LogP contribution in [0.2, 0.25) is 0 Å². The highest BCUT2D eigenvalue weighted by Gasteiger charge is 2.45. The third-order valence-electron chi connectivity index (χ3n) is 8.21. The minimum Gasteiger partial charge on any atom is -0.497 e. The molecule has 0 N–H and O–H groups in total. The van der Waals surface area contributed by atoms with E-state index in [9.17, 15) is 18.4 Å². The highest BCUT2D eigenvalue weighted by molar-refractivity contribution is 6.01. The molecular formula is C34H31F2N3O3. The smallest absolute Gasteiger partial charge is 0.255 e. The average Bonchev–Trinajstić information content (AvgIpc) is 3.03. The van der Waals surface area contributed by atoms with Crippen molar-refractivity contribution in [1.29, 1.82) is 0 Å². The second kappa shape index (κ2) is 11.6. The molecular weight excluding hydrogens is 536 g/mol. The Bertz CT molecular complexity index is 1570. The predicted molar refractivity (Wildman–Crippen MR) is 156 cm³/mol. The number of fused-ring (bicyclic) bond motifs is 1. The Labute approximate surface area is 243 Å². The van der Waals surface area contributed by atoms with Gasteiger partial charge in [-0.05, 0) is 71.3 Å². The normalized spacial score (nSPS) is 18.5. The van der Waals surface area contributed by atoms with Gasteiger partial charge >= 0.3 is 0 Å². The largest absolute Gasteiger partial charge is 0.497 e. The number of piperazine rings is 1. The minimum atomic E-state index is -0.648. The summed E-state index contributed by atoms with van der Waals surface area (Å²) in [7, 11) is 1.59. The van der Waals surface area contributed by atoms with E-state index in [4.69, 9.17) is 4.74 Å². The first-order valence-electron chi connectivity index (χ1n) is 14.0. The molecule has 2 atom stereocenters. The van der Waals surface area contributed by atoms with Crippen LogP contribution in [0.1, 0.15) is 39.0 Å². The van der Waals surface area contributed by atoms with E-state index in [2.05, 4.69) is 4.90 Å². The lowest BCUT2D eigenvalue weighted by Crippen LogP contribution is -2.53. The Hall–Kier alpha value is -4.72. The van der Waals surface area contributed by atoms with Crippen molar-refractivity contribution < 1.29 is 23.1 Å². The molecule has 0 spiro atoms. The van der Waals surface area contributed by atoms with E-state index in [-0.39, 0.29) is 30.0 Å². The van der Waals surface area contributed by atoms with Crippen molar-refractivity contribution >= 4 is 17.5 Å². The molecule has 42 heavy (non-hydrogen) atoms. The van der Waals surface area contributed by atoms with E-state index in [1.165, 1.54) is 24.3 Å². The molecule has 1 saturated heterocycles. The van der Waals surface area contributed by atoms with E-state index in [1.807, 2.05) is 47.4 Å². The quantitative estimate of drug-likeness (QED) is 0.296. The maximum Gasteiger partial charge on any atom is 0.255 e. The Balaban J connectivity index is 1.37. The van der Waals surface area contributed by atoms with E-state index < -0.39 is 12.0 Å². The lowest BCUT2D eigenvalue weighted by Gasteiger charge is -2.45. The highest BCUT2D eigenvalue weighted by atomic mass is 19.1. The molecule has 8 heteroatoms. The number of ether oxygens (including phenoxy) is 1. The summed E-state index contributed by atoms with van der Waals surface area (Å²) < 4.78 is 32.5. The van der Waals surface area contributed by atoms with E-state index in [0.29, 0.717) is 43.1 Å². The van der Waals surface area contributed by atoms with Crippen LogP contribution in [0.15, 0.2) is 97.1 Å². The van der Waals surface area contributed by atoms with Crippen molar-refractivity contribution in [3.63, 3.8) is 0 Å². The van der Waals surface area contributed by atoms with Crippen molar-refractivity contribution in [2.45, 2.75) is 18.5 Å². The fourth-order valence-corrected chi connectivity index (χ4v) is 6.03. The molecule has 4 aromatic rings. The molecule has 4 aromatic carbocycles. The van der Waals surface area contributed by atoms with Gasteiger partial charge in [-0.25, -0.2) is 8.78 Å². The van der Waals surface area contributed by atoms with Crippen LogP contribution in [-0.4, -0.2) is 54.9 Å². The van der Waals surface area contributed by atoms with Gasteiger partial charge in [0, 0.05) is 44.0 Å². The van der Waals surface area contributed by atoms with Gasteiger partial charge in [-0.1, -0.05) is 42.5 Å². The lowest BCUT2D eigenvalue weighted by atomic mass is 9.78. The van der Waals surface area contributed by atoms with Crippen molar-refractivity contribution in [3.8, 4) is 5.75 Å². The molecule has 0 radical (unpaired) electrons. The number of halogens is 2. The standard InChI is InChI=1S/C34H31F2N3O3/c1-42-28-16-8-24(9-17-28)32-31(34(41)38-20-18-37(19-21-38)27-14-12-26(36)13-15-27)29-4-2-3-5-30(29)33(40)39(32)22-23-6-10-25(35)11-7-23/h2-17,31-32H,18-22H2,1H3/t31-,32+/m1/s1. The van der Waals surface area contributed by atoms with Crippen molar-refractivity contribution in [1.82, 2.24) is 9.80 Å². The second-order valence-electron chi connectivity index (χ2n) is 10.6. The van der Waals surface area contributed by atoms with Crippen molar-refractivity contribution in [3.05, 3.63) is 131 Å². The number of methoxy groups -OCH3 is 1. The molecule has 2 heterocycles. The summed E-state index contributed by atoms with van der Waals surface area (Å²) in [6.45, 7) is 2.42. The zero-order valence-electron chi connectivity index (χ0n) is 23.3. The average molecular weight is 568 g/mol. The predicted octanol–water partition coefficient (Wildman–Crippen LogP) is 5.80. The summed E-state index contributed by atoms with van der Waals surface area (Å²) >= 11 is 0. The fourth-order valence-electron chi connectivity index (χ4n) is 6.03. The van der Waals surface area contributed by atoms with Crippen LogP contribution in [0.3, 0.4) is 0 Å². The molecule has 6 nitrogen and oxygen atoms in total. The van der Waals surface area contributed by atoms with Gasteiger partial charge in [0.2, 0.25) is 5.91 Å². The first-order chi connectivity index (χ1) is 20.4. The number of rotatable bonds is 6. The van der Waals surface area contributed by atoms with E-state index >= 15 is 0 Å². The molecule has 2 aliphatic heterocycles. The maximum atomic E-state index is 14.5. The van der Waals surface area contributed by atoms with Crippen molar-refractivity contribution in [2.24, 2.45) is 0 Å². The Morgan fingerprint density at radius 3 is 2.07 bits per heavy atom. The van der Waals surface area contributed by atoms with Gasteiger partial charge in [0.25, 0.3) is 5.91 Å². The summed E-state index contributed by atoms with van der Waals surface area (Å²) in [5.74, 6) is -0.850. The van der Waals surface area contributed by atoms with E-state index in [0.717, 1.165) is 16.8 Å². The molecule has 0 aromatic heterocycles. The van der Waals surface area contributed by atoms with Gasteiger partial charge in [-0.2, -0.15) is 0 Å². The lowest BCUT2D eigenvalue weighted by molar-refractivity contribution is -0.135. The Morgan fingerprint density at radius 2 is 1.43 bits per heavy atom. The molecule has 2 aliphatic rings. The molecule has 214 valence electrons. The van der Waals surface area contributed by atoms with Crippen LogP contribution in [0.4, 0.5) is 14.5 Å². The number of anilines is 1. The van der Waals surface area contributed by atoms with Gasteiger partial charge in [0.05, 0.1) is 19.1 Å². The van der Waals surface area contributed by atoms with Crippen LogP contribution < -0.4 is 9.64 Å². The number of amides is 2. The second-order valence-corrected chi connectivity index (χ2v) is 10.6. The van der Waals surface area contributed by atoms with Crippen LogP contribution in [0.5, 0.6) is 5.75 Å². The van der Waals surface area contributed by atoms with Gasteiger partial charge in [-0.3, -0.25) is 9.59 Å². The zero-order valence-corrected chi connectivity index (χ0v) is 23.3. The summed E-state index contributed by atoms with van der Waals surface area (Å²) in [6.07, 6.45) is 0. The van der Waals surface area contributed by atoms with Crippen LogP contribution in [0.25, 0.3) is 0 Å². The summed E-state index contributed by atoms with van der Waals surface area (Å²) in [5, 5.41) is 0. The third kappa shape index (κ3) is 5.32. The molecule has 6 rings (SSSR count). The van der Waals surface area contributed by atoms with Crippen LogP contribution >= 0.6 is 0 Å². The Morgan fingerprint density at radius 1 is 0.810 bits per heavy atom. The number of carbonyl (C=O) groups is 2. The first kappa shape index (κ1) is 27.4. The Kier molecular flexibility index (Phi) is 7.61. The molecule has 1 fully saturated rings. The van der Waals surface area contributed by atoms with Gasteiger partial charge in [0.15, 0.2) is 0 Å². The summed E-state index contributed by atoms with van der Waals surface area (Å²) in [4.78, 5) is 34.3. The third-order valence-corrected chi connectivity index (χ3v) is 8.21. The first-order valence-corrected chi connectivity index (χ1v) is 14.0. The van der Waals surface area contributed by atoms with E-state index in [1.54, 1.807) is 42.3 Å². The highest BCUT2D eigenvalue weighted by Crippen LogP contribution is 2.45. The topological polar surface area (TPSA) is 53.1 Å². The summed E-state index contributed by atoms with van der Waals surface area (Å²) in [6, 6.07) is 26.7. The number of nitrogens with zero attached hydrogens (tertiary/aromatic N) is 3. The molecule has 0 aliphatic carbocycles. The number of carbonyl (C=O) groups excluding carboxylic acids is 2. The maximum absolute atomic E-state index is 14.5. The monoisotopic (exact) mass is 567 g/mol. The van der Waals surface area contributed by atoms with Gasteiger partial charge in [0.1, 0.15) is 17.4 Å². The number of benzene rings is 4. The number of hydrogen-bond acceptors (Lipinski definition) is 4. The van der Waals surface area contributed by atoms with Gasteiger partial charge in [-0.15, -0.1) is 0 Å². The molecule has 0 saturated carbocycles. The van der Waals surface area contributed by atoms with Crippen molar-refractivity contribution in [2.75, 3.05) is 38.2 Å². The molecule has 0 unspecified atom stereocenters. The van der Waals surface area contributed by atoms with Crippen LogP contribution in [-0.2, 0) is 11.3 Å². The summed E-state index contributed by atoms with van der Waals surface area (Å²) in [5.41, 5.74) is 3.68. The van der Waals surface area contributed by atoms with Crippen LogP contribution in [0, 0.1) is 11.6 Å². The fraction of sp³-hybridized carbons (Fsp3) is 0.235.